The molecule has 0 aliphatic carbocycles. The van der Waals surface area contributed by atoms with Crippen molar-refractivity contribution < 1.29 is 14.4 Å². The van der Waals surface area contributed by atoms with E-state index in [4.69, 9.17) is 0 Å². The molecule has 4 rings (SSSR count). The topological polar surface area (TPSA) is 79.4 Å². The molecule has 2 aliphatic heterocycles. The first-order valence-corrected chi connectivity index (χ1v) is 8.60. The molecule has 1 spiro atoms. The molecule has 0 bridgehead atoms. The average molecular weight is 341 g/mol. The predicted octanol–water partition coefficient (Wildman–Crippen LogP) is 1.69. The highest BCUT2D eigenvalue weighted by Gasteiger charge is 2.52. The molecule has 3 heterocycles. The molecule has 0 saturated carbocycles. The standard InChI is InChI=1S/C17H15N3O3S/c21-13-8-17(16(23)19-13)6-7-20(10-17)15(22)12-9-24-14(18-12)11-4-2-1-3-5-11/h1-5,9H,6-8,10H2,(H,19,21,23)/t17-/m0/s1. The Morgan fingerprint density at radius 3 is 2.75 bits per heavy atom. The van der Waals surface area contributed by atoms with Crippen LogP contribution in [0.15, 0.2) is 35.7 Å². The largest absolute Gasteiger partial charge is 0.336 e. The van der Waals surface area contributed by atoms with Crippen LogP contribution < -0.4 is 5.32 Å². The molecule has 1 aromatic carbocycles. The van der Waals surface area contributed by atoms with Crippen LogP contribution in [-0.4, -0.2) is 40.7 Å². The van der Waals surface area contributed by atoms with Crippen LogP contribution in [0.1, 0.15) is 23.3 Å². The maximum absolute atomic E-state index is 12.7. The van der Waals surface area contributed by atoms with Gasteiger partial charge in [0, 0.05) is 30.5 Å². The number of likely N-dealkylation sites (tertiary alicyclic amines) is 1. The van der Waals surface area contributed by atoms with Crippen LogP contribution >= 0.6 is 11.3 Å². The number of hydrogen-bond donors (Lipinski definition) is 1. The number of hydrogen-bond acceptors (Lipinski definition) is 5. The summed E-state index contributed by atoms with van der Waals surface area (Å²) in [5.74, 6) is -0.696. The molecule has 1 N–H and O–H groups in total. The van der Waals surface area contributed by atoms with Crippen molar-refractivity contribution in [3.05, 3.63) is 41.4 Å². The SMILES string of the molecule is O=C1C[C@]2(CCN(C(=O)c3csc(-c4ccccc4)n3)C2)C(=O)N1. The van der Waals surface area contributed by atoms with E-state index < -0.39 is 5.41 Å². The minimum atomic E-state index is -0.745. The number of rotatable bonds is 2. The number of carbonyl (C=O) groups excluding carboxylic acids is 3. The summed E-state index contributed by atoms with van der Waals surface area (Å²) in [6, 6.07) is 9.69. The number of aromatic nitrogens is 1. The van der Waals surface area contributed by atoms with Gasteiger partial charge >= 0.3 is 0 Å². The maximum atomic E-state index is 12.7. The smallest absolute Gasteiger partial charge is 0.273 e. The Hall–Kier alpha value is -2.54. The quantitative estimate of drug-likeness (QED) is 0.843. The van der Waals surface area contributed by atoms with E-state index in [9.17, 15) is 14.4 Å². The van der Waals surface area contributed by atoms with Crippen molar-refractivity contribution in [3.8, 4) is 10.6 Å². The average Bonchev–Trinajstić information content (AvgIpc) is 3.28. The molecule has 2 fully saturated rings. The Labute approximate surface area is 142 Å². The second-order valence-corrected chi connectivity index (χ2v) is 7.07. The minimum absolute atomic E-state index is 0.169. The summed E-state index contributed by atoms with van der Waals surface area (Å²) in [4.78, 5) is 42.2. The monoisotopic (exact) mass is 341 g/mol. The first-order valence-electron chi connectivity index (χ1n) is 7.72. The zero-order valence-electron chi connectivity index (χ0n) is 12.8. The zero-order chi connectivity index (χ0) is 16.7. The first-order chi connectivity index (χ1) is 11.6. The maximum Gasteiger partial charge on any atom is 0.273 e. The molecule has 2 aromatic rings. The number of carbonyl (C=O) groups is 3. The second kappa shape index (κ2) is 5.52. The fourth-order valence-corrected chi connectivity index (χ4v) is 4.11. The predicted molar refractivity (Wildman–Crippen MR) is 88.3 cm³/mol. The van der Waals surface area contributed by atoms with Crippen molar-refractivity contribution in [1.29, 1.82) is 0 Å². The molecule has 3 amide bonds. The summed E-state index contributed by atoms with van der Waals surface area (Å²) in [6.07, 6.45) is 0.688. The van der Waals surface area contributed by atoms with E-state index in [1.165, 1.54) is 11.3 Å². The molecule has 1 aromatic heterocycles. The Morgan fingerprint density at radius 2 is 2.04 bits per heavy atom. The third kappa shape index (κ3) is 2.41. The molecular weight excluding hydrogens is 326 g/mol. The Morgan fingerprint density at radius 1 is 1.25 bits per heavy atom. The highest BCUT2D eigenvalue weighted by Crippen LogP contribution is 2.38. The van der Waals surface area contributed by atoms with Crippen molar-refractivity contribution in [2.45, 2.75) is 12.8 Å². The molecule has 0 radical (unpaired) electrons. The van der Waals surface area contributed by atoms with Crippen LogP contribution in [0.4, 0.5) is 0 Å². The van der Waals surface area contributed by atoms with Gasteiger partial charge in [0.05, 0.1) is 5.41 Å². The van der Waals surface area contributed by atoms with Gasteiger partial charge in [0.15, 0.2) is 0 Å². The van der Waals surface area contributed by atoms with Gasteiger partial charge in [-0.25, -0.2) is 4.98 Å². The van der Waals surface area contributed by atoms with Gasteiger partial charge in [-0.1, -0.05) is 30.3 Å². The molecule has 122 valence electrons. The Bertz CT molecular complexity index is 833. The first kappa shape index (κ1) is 15.0. The summed E-state index contributed by atoms with van der Waals surface area (Å²) < 4.78 is 0. The van der Waals surface area contributed by atoms with Gasteiger partial charge < -0.3 is 4.90 Å². The molecule has 24 heavy (non-hydrogen) atoms. The van der Waals surface area contributed by atoms with Gasteiger partial charge in [-0.2, -0.15) is 0 Å². The minimum Gasteiger partial charge on any atom is -0.336 e. The molecule has 7 heteroatoms. The van der Waals surface area contributed by atoms with Gasteiger partial charge in [-0.15, -0.1) is 11.3 Å². The van der Waals surface area contributed by atoms with E-state index in [1.54, 1.807) is 10.3 Å². The van der Waals surface area contributed by atoms with Gasteiger partial charge in [-0.3, -0.25) is 19.7 Å². The van der Waals surface area contributed by atoms with Gasteiger partial charge in [0.25, 0.3) is 5.91 Å². The van der Waals surface area contributed by atoms with Crippen molar-refractivity contribution in [2.75, 3.05) is 13.1 Å². The Kier molecular flexibility index (Phi) is 3.45. The lowest BCUT2D eigenvalue weighted by atomic mass is 9.85. The van der Waals surface area contributed by atoms with Crippen molar-refractivity contribution in [1.82, 2.24) is 15.2 Å². The number of nitrogens with one attached hydrogen (secondary N) is 1. The fourth-order valence-electron chi connectivity index (χ4n) is 3.31. The highest BCUT2D eigenvalue weighted by molar-refractivity contribution is 7.13. The third-order valence-corrected chi connectivity index (χ3v) is 5.51. The lowest BCUT2D eigenvalue weighted by Gasteiger charge is -2.19. The number of nitrogens with zero attached hydrogens (tertiary/aromatic N) is 2. The van der Waals surface area contributed by atoms with E-state index in [0.29, 0.717) is 18.7 Å². The summed E-state index contributed by atoms with van der Waals surface area (Å²) >= 11 is 1.42. The summed E-state index contributed by atoms with van der Waals surface area (Å²) in [5, 5.41) is 4.88. The van der Waals surface area contributed by atoms with Crippen LogP contribution in [0.5, 0.6) is 0 Å². The van der Waals surface area contributed by atoms with Gasteiger partial charge in [-0.05, 0) is 6.42 Å². The van der Waals surface area contributed by atoms with Crippen LogP contribution in [0.3, 0.4) is 0 Å². The lowest BCUT2D eigenvalue weighted by Crippen LogP contribution is -2.36. The zero-order valence-corrected chi connectivity index (χ0v) is 13.6. The molecule has 2 aliphatic rings. The van der Waals surface area contributed by atoms with Crippen molar-refractivity contribution >= 4 is 29.1 Å². The number of benzene rings is 1. The highest BCUT2D eigenvalue weighted by atomic mass is 32.1. The number of amides is 3. The molecule has 6 nitrogen and oxygen atoms in total. The number of imide groups is 1. The molecular formula is C17H15N3O3S. The van der Waals surface area contributed by atoms with Crippen LogP contribution in [0, 0.1) is 5.41 Å². The van der Waals surface area contributed by atoms with E-state index in [1.807, 2.05) is 30.3 Å². The Balaban J connectivity index is 1.52. The normalized spacial score (nSPS) is 23.1. The molecule has 0 unspecified atom stereocenters. The summed E-state index contributed by atoms with van der Waals surface area (Å²) in [7, 11) is 0. The molecule has 2 saturated heterocycles. The van der Waals surface area contributed by atoms with Gasteiger partial charge in [0.1, 0.15) is 10.7 Å². The van der Waals surface area contributed by atoms with E-state index in [2.05, 4.69) is 10.3 Å². The fraction of sp³-hybridized carbons (Fsp3) is 0.294. The van der Waals surface area contributed by atoms with Crippen LogP contribution in [0.2, 0.25) is 0 Å². The van der Waals surface area contributed by atoms with Gasteiger partial charge in [0.2, 0.25) is 11.8 Å². The molecule has 1 atom stereocenters. The summed E-state index contributed by atoms with van der Waals surface area (Å²) in [5.41, 5.74) is 0.617. The van der Waals surface area contributed by atoms with Crippen LogP contribution in [-0.2, 0) is 9.59 Å². The van der Waals surface area contributed by atoms with E-state index in [-0.39, 0.29) is 30.7 Å². The van der Waals surface area contributed by atoms with Crippen LogP contribution in [0.25, 0.3) is 10.6 Å². The van der Waals surface area contributed by atoms with E-state index in [0.717, 1.165) is 10.6 Å². The third-order valence-electron chi connectivity index (χ3n) is 4.62. The van der Waals surface area contributed by atoms with E-state index >= 15 is 0 Å². The van der Waals surface area contributed by atoms with Crippen molar-refractivity contribution in [3.63, 3.8) is 0 Å². The van der Waals surface area contributed by atoms with Crippen molar-refractivity contribution in [2.24, 2.45) is 5.41 Å². The number of thiazole rings is 1. The second-order valence-electron chi connectivity index (χ2n) is 6.22. The summed E-state index contributed by atoms with van der Waals surface area (Å²) in [6.45, 7) is 0.749. The lowest BCUT2D eigenvalue weighted by molar-refractivity contribution is -0.128.